The fourth-order valence-electron chi connectivity index (χ4n) is 5.13. The third-order valence-electron chi connectivity index (χ3n) is 7.82. The Kier molecular flexibility index (Phi) is 17.4. The van der Waals surface area contributed by atoms with Gasteiger partial charge < -0.3 is 14.0 Å². The number of carbonyl (C=O) groups excluding carboxylic acids is 1. The first-order valence-corrected chi connectivity index (χ1v) is 16.1. The summed E-state index contributed by atoms with van der Waals surface area (Å²) in [4.78, 5) is 12.4. The van der Waals surface area contributed by atoms with Crippen LogP contribution in [0.5, 0.6) is 5.75 Å². The number of hydrogen-bond acceptors (Lipinski definition) is 3. The molecule has 2 rings (SSSR count). The molecule has 1 atom stereocenters. The van der Waals surface area contributed by atoms with Crippen LogP contribution in [0.15, 0.2) is 54.6 Å². The topological polar surface area (TPSA) is 35.5 Å². The van der Waals surface area contributed by atoms with Crippen molar-refractivity contribution in [1.29, 1.82) is 0 Å². The number of carbonyl (C=O) groups is 1. The van der Waals surface area contributed by atoms with E-state index in [1.165, 1.54) is 81.8 Å². The summed E-state index contributed by atoms with van der Waals surface area (Å²) in [6.07, 6.45) is 17.9. The van der Waals surface area contributed by atoms with E-state index in [1.54, 1.807) is 0 Å². The molecule has 0 aliphatic heterocycles. The zero-order valence-electron chi connectivity index (χ0n) is 26.2. The Labute approximate surface area is 246 Å². The molecule has 0 aliphatic carbocycles. The van der Waals surface area contributed by atoms with Gasteiger partial charge >= 0.3 is 5.97 Å². The fourth-order valence-corrected chi connectivity index (χ4v) is 5.13. The van der Waals surface area contributed by atoms with E-state index < -0.39 is 0 Å². The zero-order chi connectivity index (χ0) is 28.9. The molecule has 0 spiro atoms. The van der Waals surface area contributed by atoms with Gasteiger partial charge in [-0.1, -0.05) is 121 Å². The van der Waals surface area contributed by atoms with Crippen molar-refractivity contribution in [2.45, 2.75) is 110 Å². The summed E-state index contributed by atoms with van der Waals surface area (Å²) in [6, 6.07) is 19.0. The molecule has 0 aliphatic rings. The van der Waals surface area contributed by atoms with E-state index in [0.717, 1.165) is 36.2 Å². The molecular formula is C36H58NO3+. The van der Waals surface area contributed by atoms with Gasteiger partial charge in [-0.05, 0) is 30.5 Å². The van der Waals surface area contributed by atoms with Crippen molar-refractivity contribution >= 4 is 5.97 Å². The Morgan fingerprint density at radius 1 is 0.725 bits per heavy atom. The molecule has 0 fully saturated rings. The first-order valence-electron chi connectivity index (χ1n) is 16.1. The standard InChI is InChI=1S/C36H58NO3/c1-5-6-7-8-9-10-11-12-13-14-16-20-33-23-25-35(26-24-33)39-29-19-30-40-36(38)32(2)27-28-37(3,4)31-34-21-17-15-18-22-34/h15,17-18,21-26,32H,5-14,16,19-20,27-31H2,1-4H3/q+1. The van der Waals surface area contributed by atoms with Crippen molar-refractivity contribution in [2.75, 3.05) is 33.9 Å². The highest BCUT2D eigenvalue weighted by atomic mass is 16.5. The SMILES string of the molecule is CCCCCCCCCCCCCc1ccc(OCCCOC(=O)C(C)CC[N+](C)(C)Cc2ccccc2)cc1. The van der Waals surface area contributed by atoms with E-state index in [2.05, 4.69) is 69.6 Å². The Balaban J connectivity index is 1.48. The minimum atomic E-state index is -0.105. The van der Waals surface area contributed by atoms with Gasteiger partial charge in [0.2, 0.25) is 0 Å². The summed E-state index contributed by atoms with van der Waals surface area (Å²) in [5.41, 5.74) is 2.71. The lowest BCUT2D eigenvalue weighted by atomic mass is 10.0. The maximum atomic E-state index is 12.4. The van der Waals surface area contributed by atoms with Gasteiger partial charge in [0.15, 0.2) is 0 Å². The quantitative estimate of drug-likeness (QED) is 0.0783. The summed E-state index contributed by atoms with van der Waals surface area (Å²) in [6.45, 7) is 7.11. The third-order valence-corrected chi connectivity index (χ3v) is 7.82. The van der Waals surface area contributed by atoms with Gasteiger partial charge in [0.1, 0.15) is 12.3 Å². The number of rotatable bonds is 23. The Morgan fingerprint density at radius 3 is 1.95 bits per heavy atom. The van der Waals surface area contributed by atoms with E-state index >= 15 is 0 Å². The van der Waals surface area contributed by atoms with Crippen molar-refractivity contribution in [1.82, 2.24) is 0 Å². The third kappa shape index (κ3) is 16.1. The molecular weight excluding hydrogens is 494 g/mol. The van der Waals surface area contributed by atoms with Crippen molar-refractivity contribution < 1.29 is 18.8 Å². The van der Waals surface area contributed by atoms with Crippen LogP contribution in [0.25, 0.3) is 0 Å². The fraction of sp³-hybridized carbons (Fsp3) is 0.639. The average molecular weight is 553 g/mol. The molecule has 0 heterocycles. The number of aryl methyl sites for hydroxylation is 1. The second-order valence-electron chi connectivity index (χ2n) is 12.3. The summed E-state index contributed by atoms with van der Waals surface area (Å²) >= 11 is 0. The highest BCUT2D eigenvalue weighted by molar-refractivity contribution is 5.71. The van der Waals surface area contributed by atoms with E-state index in [1.807, 2.05) is 13.0 Å². The van der Waals surface area contributed by atoms with Crippen LogP contribution in [0.1, 0.15) is 108 Å². The summed E-state index contributed by atoms with van der Waals surface area (Å²) in [5.74, 6) is 0.689. The summed E-state index contributed by atoms with van der Waals surface area (Å²) < 4.78 is 12.2. The molecule has 0 bridgehead atoms. The lowest BCUT2D eigenvalue weighted by molar-refractivity contribution is -0.904. The Morgan fingerprint density at radius 2 is 1.32 bits per heavy atom. The van der Waals surface area contributed by atoms with Gasteiger partial charge in [0, 0.05) is 18.4 Å². The van der Waals surface area contributed by atoms with Gasteiger partial charge in [-0.2, -0.15) is 0 Å². The molecule has 0 saturated carbocycles. The highest BCUT2D eigenvalue weighted by Gasteiger charge is 2.21. The summed E-state index contributed by atoms with van der Waals surface area (Å²) in [7, 11) is 4.43. The smallest absolute Gasteiger partial charge is 0.308 e. The van der Waals surface area contributed by atoms with Crippen LogP contribution in [0.4, 0.5) is 0 Å². The van der Waals surface area contributed by atoms with Crippen LogP contribution in [0, 0.1) is 5.92 Å². The number of unbranched alkanes of at least 4 members (excludes halogenated alkanes) is 10. The van der Waals surface area contributed by atoms with Gasteiger partial charge in [-0.15, -0.1) is 0 Å². The van der Waals surface area contributed by atoms with Gasteiger partial charge in [0.25, 0.3) is 0 Å². The van der Waals surface area contributed by atoms with E-state index in [-0.39, 0.29) is 11.9 Å². The minimum absolute atomic E-state index is 0.0954. The molecule has 2 aromatic carbocycles. The highest BCUT2D eigenvalue weighted by Crippen LogP contribution is 2.17. The second kappa shape index (κ2) is 20.5. The lowest BCUT2D eigenvalue weighted by Gasteiger charge is -2.30. The van der Waals surface area contributed by atoms with Crippen molar-refractivity contribution in [2.24, 2.45) is 5.92 Å². The Hall–Kier alpha value is -2.33. The van der Waals surface area contributed by atoms with Gasteiger partial charge in [0.05, 0.1) is 39.8 Å². The molecule has 2 aromatic rings. The largest absolute Gasteiger partial charge is 0.493 e. The lowest BCUT2D eigenvalue weighted by Crippen LogP contribution is -2.40. The van der Waals surface area contributed by atoms with Gasteiger partial charge in [-0.25, -0.2) is 0 Å². The molecule has 40 heavy (non-hydrogen) atoms. The molecule has 0 radical (unpaired) electrons. The number of ether oxygens (including phenoxy) is 2. The molecule has 0 N–H and O–H groups in total. The molecule has 0 amide bonds. The van der Waals surface area contributed by atoms with Crippen molar-refractivity contribution in [3.63, 3.8) is 0 Å². The predicted molar refractivity (Wildman–Crippen MR) is 169 cm³/mol. The molecule has 0 aromatic heterocycles. The number of quaternary nitrogens is 1. The monoisotopic (exact) mass is 552 g/mol. The molecule has 224 valence electrons. The van der Waals surface area contributed by atoms with Crippen molar-refractivity contribution in [3.05, 3.63) is 65.7 Å². The normalized spacial score (nSPS) is 12.3. The first kappa shape index (κ1) is 33.9. The average Bonchev–Trinajstić information content (AvgIpc) is 2.95. The van der Waals surface area contributed by atoms with Crippen LogP contribution >= 0.6 is 0 Å². The number of esters is 1. The second-order valence-corrected chi connectivity index (χ2v) is 12.3. The maximum absolute atomic E-state index is 12.4. The summed E-state index contributed by atoms with van der Waals surface area (Å²) in [5, 5.41) is 0. The van der Waals surface area contributed by atoms with Gasteiger partial charge in [-0.3, -0.25) is 4.79 Å². The maximum Gasteiger partial charge on any atom is 0.308 e. The number of nitrogens with zero attached hydrogens (tertiary/aromatic N) is 1. The van der Waals surface area contributed by atoms with Crippen LogP contribution in [0.2, 0.25) is 0 Å². The number of benzene rings is 2. The Bertz CT molecular complexity index is 894. The van der Waals surface area contributed by atoms with E-state index in [9.17, 15) is 4.79 Å². The van der Waals surface area contributed by atoms with Crippen molar-refractivity contribution in [3.8, 4) is 5.75 Å². The van der Waals surface area contributed by atoms with Crippen LogP contribution in [-0.2, 0) is 22.5 Å². The zero-order valence-corrected chi connectivity index (χ0v) is 26.2. The first-order chi connectivity index (χ1) is 19.4. The number of hydrogen-bond donors (Lipinski definition) is 0. The van der Waals surface area contributed by atoms with Crippen LogP contribution < -0.4 is 4.74 Å². The van der Waals surface area contributed by atoms with E-state index in [0.29, 0.717) is 19.6 Å². The molecule has 4 nitrogen and oxygen atoms in total. The molecule has 4 heteroatoms. The molecule has 1 unspecified atom stereocenters. The predicted octanol–water partition coefficient (Wildman–Crippen LogP) is 9.16. The minimum Gasteiger partial charge on any atom is -0.493 e. The van der Waals surface area contributed by atoms with E-state index in [4.69, 9.17) is 9.47 Å². The molecule has 0 saturated heterocycles. The van der Waals surface area contributed by atoms with Crippen LogP contribution in [0.3, 0.4) is 0 Å². The van der Waals surface area contributed by atoms with Crippen LogP contribution in [-0.4, -0.2) is 44.3 Å².